The molecule has 3 aromatic carbocycles. The highest BCUT2D eigenvalue weighted by atomic mass is 32.1. The smallest absolute Gasteiger partial charge is 0.409 e. The van der Waals surface area contributed by atoms with Gasteiger partial charge in [0.25, 0.3) is 5.69 Å². The molecule has 4 nitrogen and oxygen atoms in total. The molecular formula is C24H18NO3S+. The summed E-state index contributed by atoms with van der Waals surface area (Å²) < 4.78 is 7.26. The maximum atomic E-state index is 13.0. The largest absolute Gasteiger partial charge is 0.417 e. The molecule has 0 amide bonds. The summed E-state index contributed by atoms with van der Waals surface area (Å²) in [6, 6.07) is 27.2. The molecular weight excluding hydrogens is 382 g/mol. The first kappa shape index (κ1) is 18.9. The quantitative estimate of drug-likeness (QED) is 0.176. The fourth-order valence-electron chi connectivity index (χ4n) is 3.17. The Bertz CT molecular complexity index is 1210. The normalized spacial score (nSPS) is 10.7. The van der Waals surface area contributed by atoms with E-state index in [4.69, 9.17) is 4.74 Å². The maximum absolute atomic E-state index is 13.0. The highest BCUT2D eigenvalue weighted by Gasteiger charge is 2.27. The standard InChI is InChI=1S/C24H17NO3S/c26-21(18-9-2-1-3-10-18)16-25-19-11-5-4-8-17(19)14-15-20(25)24(27)28-22-12-6-7-13-23(22)29/h1-15H,16H2/p+1. The van der Waals surface area contributed by atoms with E-state index < -0.39 is 5.97 Å². The topological polar surface area (TPSA) is 47.2 Å². The third-order valence-electron chi connectivity index (χ3n) is 4.61. The zero-order valence-electron chi connectivity index (χ0n) is 15.5. The molecule has 0 fully saturated rings. The fraction of sp³-hybridized carbons (Fsp3) is 0.0417. The van der Waals surface area contributed by atoms with Gasteiger partial charge < -0.3 is 4.74 Å². The van der Waals surface area contributed by atoms with Gasteiger partial charge in [0.2, 0.25) is 17.8 Å². The van der Waals surface area contributed by atoms with Crippen molar-refractivity contribution >= 4 is 35.3 Å². The number of fused-ring (bicyclic) bond motifs is 1. The van der Waals surface area contributed by atoms with Crippen molar-refractivity contribution < 1.29 is 18.9 Å². The molecule has 0 saturated heterocycles. The van der Waals surface area contributed by atoms with Crippen LogP contribution in [0.4, 0.5) is 0 Å². The molecule has 0 bridgehead atoms. The summed E-state index contributed by atoms with van der Waals surface area (Å²) in [5.74, 6) is -0.261. The zero-order chi connectivity index (χ0) is 20.2. The van der Waals surface area contributed by atoms with E-state index in [2.05, 4.69) is 12.6 Å². The molecule has 0 spiro atoms. The predicted molar refractivity (Wildman–Crippen MR) is 114 cm³/mol. The molecule has 1 aromatic heterocycles. The van der Waals surface area contributed by atoms with Crippen molar-refractivity contribution in [3.63, 3.8) is 0 Å². The number of carbonyl (C=O) groups is 2. The van der Waals surface area contributed by atoms with Crippen LogP contribution in [-0.4, -0.2) is 11.8 Å². The number of hydrogen-bond acceptors (Lipinski definition) is 4. The zero-order valence-corrected chi connectivity index (χ0v) is 16.4. The number of para-hydroxylation sites is 2. The monoisotopic (exact) mass is 400 g/mol. The molecule has 1 heterocycles. The Morgan fingerprint density at radius 3 is 2.28 bits per heavy atom. The van der Waals surface area contributed by atoms with E-state index >= 15 is 0 Å². The van der Waals surface area contributed by atoms with Gasteiger partial charge in [-0.25, -0.2) is 4.79 Å². The number of thiol groups is 1. The van der Waals surface area contributed by atoms with Gasteiger partial charge in [-0.15, -0.1) is 12.6 Å². The van der Waals surface area contributed by atoms with Gasteiger partial charge in [-0.05, 0) is 24.3 Å². The highest BCUT2D eigenvalue weighted by molar-refractivity contribution is 7.80. The SMILES string of the molecule is O=C(C[n+]1c(C(=O)Oc2ccccc2S)ccc2ccccc21)c1ccccc1. The van der Waals surface area contributed by atoms with Crippen molar-refractivity contribution in [1.82, 2.24) is 0 Å². The fourth-order valence-corrected chi connectivity index (χ4v) is 3.37. The average molecular weight is 400 g/mol. The lowest BCUT2D eigenvalue weighted by molar-refractivity contribution is -0.659. The number of benzene rings is 3. The highest BCUT2D eigenvalue weighted by Crippen LogP contribution is 2.22. The van der Waals surface area contributed by atoms with E-state index in [9.17, 15) is 9.59 Å². The van der Waals surface area contributed by atoms with Crippen molar-refractivity contribution in [2.75, 3.05) is 0 Å². The Hall–Kier alpha value is -3.44. The first-order valence-electron chi connectivity index (χ1n) is 9.13. The number of ketones is 1. The lowest BCUT2D eigenvalue weighted by atomic mass is 10.1. The van der Waals surface area contributed by atoms with Crippen molar-refractivity contribution in [2.45, 2.75) is 11.4 Å². The summed E-state index contributed by atoms with van der Waals surface area (Å²) in [5, 5.41) is 0.930. The summed E-state index contributed by atoms with van der Waals surface area (Å²) in [5.41, 5.74) is 1.67. The Labute approximate surface area is 173 Å². The number of Topliss-reactive ketones (excluding diaryl/α,β-unsaturated/α-hetero) is 1. The van der Waals surface area contributed by atoms with Crippen LogP contribution >= 0.6 is 12.6 Å². The number of hydrogen-bond donors (Lipinski definition) is 1. The Balaban J connectivity index is 1.75. The van der Waals surface area contributed by atoms with Gasteiger partial charge in [-0.2, -0.15) is 4.57 Å². The van der Waals surface area contributed by atoms with Crippen LogP contribution in [0.3, 0.4) is 0 Å². The minimum atomic E-state index is -0.543. The second-order valence-electron chi connectivity index (χ2n) is 6.51. The van der Waals surface area contributed by atoms with E-state index in [1.807, 2.05) is 54.6 Å². The van der Waals surface area contributed by atoms with Crippen LogP contribution in [0.15, 0.2) is 95.9 Å². The molecule has 5 heteroatoms. The first-order valence-corrected chi connectivity index (χ1v) is 9.58. The molecule has 142 valence electrons. The van der Waals surface area contributed by atoms with Gasteiger partial charge in [0.1, 0.15) is 5.75 Å². The van der Waals surface area contributed by atoms with Gasteiger partial charge in [-0.1, -0.05) is 54.6 Å². The maximum Gasteiger partial charge on any atom is 0.409 e. The van der Waals surface area contributed by atoms with Crippen LogP contribution < -0.4 is 9.30 Å². The van der Waals surface area contributed by atoms with Crippen LogP contribution in [-0.2, 0) is 6.54 Å². The number of carbonyl (C=O) groups excluding carboxylic acids is 2. The van der Waals surface area contributed by atoms with Gasteiger partial charge in [0.15, 0.2) is 0 Å². The predicted octanol–water partition coefficient (Wildman–Crippen LogP) is 4.52. The second-order valence-corrected chi connectivity index (χ2v) is 6.99. The minimum absolute atomic E-state index is 0.0261. The van der Waals surface area contributed by atoms with Crippen LogP contribution in [0.5, 0.6) is 5.75 Å². The lowest BCUT2D eigenvalue weighted by Crippen LogP contribution is -2.45. The van der Waals surface area contributed by atoms with E-state index in [0.717, 1.165) is 10.9 Å². The Kier molecular flexibility index (Phi) is 5.40. The Morgan fingerprint density at radius 2 is 1.48 bits per heavy atom. The molecule has 0 saturated carbocycles. The molecule has 0 N–H and O–H groups in total. The number of aromatic nitrogens is 1. The third-order valence-corrected chi connectivity index (χ3v) is 4.98. The Morgan fingerprint density at radius 1 is 0.793 bits per heavy atom. The molecule has 0 unspecified atom stereocenters. The van der Waals surface area contributed by atoms with Crippen molar-refractivity contribution in [1.29, 1.82) is 0 Å². The van der Waals surface area contributed by atoms with Crippen LogP contribution in [0.1, 0.15) is 20.8 Å². The van der Waals surface area contributed by atoms with Crippen LogP contribution in [0.2, 0.25) is 0 Å². The average Bonchev–Trinajstić information content (AvgIpc) is 2.76. The van der Waals surface area contributed by atoms with Gasteiger partial charge >= 0.3 is 5.97 Å². The van der Waals surface area contributed by atoms with E-state index in [1.165, 1.54) is 0 Å². The minimum Gasteiger partial charge on any atom is -0.417 e. The summed E-state index contributed by atoms with van der Waals surface area (Å²) >= 11 is 4.33. The molecule has 0 atom stereocenters. The first-order chi connectivity index (χ1) is 14.1. The van der Waals surface area contributed by atoms with E-state index in [0.29, 0.717) is 21.9 Å². The number of ether oxygens (including phenoxy) is 1. The van der Waals surface area contributed by atoms with Crippen LogP contribution in [0.25, 0.3) is 10.9 Å². The number of esters is 1. The van der Waals surface area contributed by atoms with Crippen molar-refractivity contribution in [3.8, 4) is 5.75 Å². The number of rotatable bonds is 5. The van der Waals surface area contributed by atoms with Gasteiger partial charge in [0, 0.05) is 28.0 Å². The van der Waals surface area contributed by atoms with E-state index in [-0.39, 0.29) is 12.3 Å². The molecule has 0 radical (unpaired) electrons. The molecule has 0 aliphatic rings. The molecule has 4 aromatic rings. The number of pyridine rings is 1. The third kappa shape index (κ3) is 4.05. The molecule has 0 aliphatic heterocycles. The molecule has 4 rings (SSSR count). The van der Waals surface area contributed by atoms with Crippen molar-refractivity contribution in [3.05, 3.63) is 102 Å². The number of nitrogens with zero attached hydrogens (tertiary/aromatic N) is 1. The molecule has 29 heavy (non-hydrogen) atoms. The second kappa shape index (κ2) is 8.29. The summed E-state index contributed by atoms with van der Waals surface area (Å²) in [6.45, 7) is 0.0261. The summed E-state index contributed by atoms with van der Waals surface area (Å²) in [4.78, 5) is 26.4. The van der Waals surface area contributed by atoms with Gasteiger partial charge in [0.05, 0.1) is 0 Å². The molecule has 0 aliphatic carbocycles. The van der Waals surface area contributed by atoms with Crippen molar-refractivity contribution in [2.24, 2.45) is 0 Å². The van der Waals surface area contributed by atoms with Crippen LogP contribution in [0, 0.1) is 0 Å². The van der Waals surface area contributed by atoms with E-state index in [1.54, 1.807) is 41.0 Å². The summed E-state index contributed by atoms with van der Waals surface area (Å²) in [7, 11) is 0. The summed E-state index contributed by atoms with van der Waals surface area (Å²) in [6.07, 6.45) is 0. The van der Waals surface area contributed by atoms with Gasteiger partial charge in [-0.3, -0.25) is 4.79 Å². The lowest BCUT2D eigenvalue weighted by Gasteiger charge is -2.08.